The summed E-state index contributed by atoms with van der Waals surface area (Å²) in [5, 5.41) is 0. The second kappa shape index (κ2) is 16.8. The predicted molar refractivity (Wildman–Crippen MR) is 110 cm³/mol. The third-order valence-electron chi connectivity index (χ3n) is 5.67. The van der Waals surface area contributed by atoms with Gasteiger partial charge in [-0.25, -0.2) is 0 Å². The molecule has 1 saturated carbocycles. The molecule has 3 unspecified atom stereocenters. The van der Waals surface area contributed by atoms with Gasteiger partial charge in [0, 0.05) is 0 Å². The second-order valence-electron chi connectivity index (χ2n) is 8.31. The molecule has 1 aliphatic rings. The van der Waals surface area contributed by atoms with E-state index in [2.05, 4.69) is 48.5 Å². The third-order valence-corrected chi connectivity index (χ3v) is 5.67. The van der Waals surface area contributed by atoms with Crippen LogP contribution in [0.2, 0.25) is 0 Å². The molecule has 0 nitrogen and oxygen atoms in total. The van der Waals surface area contributed by atoms with Crippen LogP contribution in [-0.4, -0.2) is 0 Å². The van der Waals surface area contributed by atoms with Crippen LogP contribution in [-0.2, 0) is 0 Å². The third kappa shape index (κ3) is 15.3. The van der Waals surface area contributed by atoms with E-state index < -0.39 is 0 Å². The summed E-state index contributed by atoms with van der Waals surface area (Å²) in [5.41, 5.74) is 0. The molecule has 0 aromatic heterocycles. The minimum absolute atomic E-state index is 0.835. The summed E-state index contributed by atoms with van der Waals surface area (Å²) >= 11 is 0. The van der Waals surface area contributed by atoms with Gasteiger partial charge in [0.25, 0.3) is 0 Å². The van der Waals surface area contributed by atoms with E-state index in [1.807, 2.05) is 13.8 Å². The monoisotopic (exact) mass is 326 g/mol. The highest BCUT2D eigenvalue weighted by Gasteiger charge is 2.17. The summed E-state index contributed by atoms with van der Waals surface area (Å²) in [6, 6.07) is 0. The Morgan fingerprint density at radius 2 is 1.39 bits per heavy atom. The maximum atomic E-state index is 2.44. The van der Waals surface area contributed by atoms with E-state index in [9.17, 15) is 0 Å². The van der Waals surface area contributed by atoms with Crippen LogP contribution in [0.1, 0.15) is 120 Å². The molecule has 142 valence electrons. The Hall–Kier alpha value is 0. The summed E-state index contributed by atoms with van der Waals surface area (Å²) in [6.07, 6.45) is 13.0. The van der Waals surface area contributed by atoms with E-state index in [-0.39, 0.29) is 0 Å². The summed E-state index contributed by atoms with van der Waals surface area (Å²) in [6.45, 7) is 20.6. The Morgan fingerprint density at radius 1 is 0.870 bits per heavy atom. The van der Waals surface area contributed by atoms with Crippen molar-refractivity contribution in [2.75, 3.05) is 0 Å². The first-order chi connectivity index (χ1) is 10.9. The van der Waals surface area contributed by atoms with Gasteiger partial charge in [0.2, 0.25) is 0 Å². The average molecular weight is 327 g/mol. The molecule has 0 radical (unpaired) electrons. The lowest BCUT2D eigenvalue weighted by atomic mass is 9.80. The van der Waals surface area contributed by atoms with Gasteiger partial charge in [0.1, 0.15) is 0 Å². The van der Waals surface area contributed by atoms with Crippen LogP contribution in [0.4, 0.5) is 0 Å². The van der Waals surface area contributed by atoms with Crippen molar-refractivity contribution in [1.82, 2.24) is 0 Å². The molecule has 0 saturated heterocycles. The number of hydrogen-bond donors (Lipinski definition) is 0. The minimum Gasteiger partial charge on any atom is -0.0683 e. The lowest BCUT2D eigenvalue weighted by molar-refractivity contribution is 0.246. The maximum Gasteiger partial charge on any atom is -0.0394 e. The van der Waals surface area contributed by atoms with E-state index >= 15 is 0 Å². The topological polar surface area (TPSA) is 0 Å². The fourth-order valence-electron chi connectivity index (χ4n) is 3.16. The van der Waals surface area contributed by atoms with Crippen LogP contribution in [0, 0.1) is 29.6 Å². The van der Waals surface area contributed by atoms with Crippen molar-refractivity contribution in [2.45, 2.75) is 120 Å². The fraction of sp³-hybridized carbons (Fsp3) is 1.00. The normalized spacial score (nSPS) is 18.0. The highest BCUT2D eigenvalue weighted by molar-refractivity contribution is 4.68. The molecule has 1 rings (SSSR count). The standard InChI is InChI=1S/C16H34.C5H10.C2H6/c1-7-8-9-10-11-14(4)12-15(5)16(6)13(2)3;1-5-3-2-4-5;1-2/h13-16H,7-12H2,1-6H3;5H,2-4H2,1H3;1-2H3. The molecule has 0 N–H and O–H groups in total. The summed E-state index contributed by atoms with van der Waals surface area (Å²) < 4.78 is 0. The van der Waals surface area contributed by atoms with Gasteiger partial charge >= 0.3 is 0 Å². The quantitative estimate of drug-likeness (QED) is 0.371. The van der Waals surface area contributed by atoms with Crippen molar-refractivity contribution >= 4 is 0 Å². The Balaban J connectivity index is 0. The fourth-order valence-corrected chi connectivity index (χ4v) is 3.16. The van der Waals surface area contributed by atoms with Crippen molar-refractivity contribution in [3.8, 4) is 0 Å². The lowest BCUT2D eigenvalue weighted by Gasteiger charge is -2.26. The maximum absolute atomic E-state index is 2.44. The van der Waals surface area contributed by atoms with Crippen molar-refractivity contribution in [3.63, 3.8) is 0 Å². The number of hydrogen-bond acceptors (Lipinski definition) is 0. The first-order valence-electron chi connectivity index (χ1n) is 10.9. The lowest BCUT2D eigenvalue weighted by Crippen LogP contribution is -2.16. The Bertz CT molecular complexity index is 214. The van der Waals surface area contributed by atoms with Gasteiger partial charge in [-0.05, 0) is 36.0 Å². The molecule has 1 aliphatic carbocycles. The van der Waals surface area contributed by atoms with Gasteiger partial charge in [0.15, 0.2) is 0 Å². The molecule has 0 heteroatoms. The molecule has 0 amide bonds. The number of rotatable bonds is 9. The van der Waals surface area contributed by atoms with Gasteiger partial charge in [-0.1, -0.05) is 114 Å². The van der Waals surface area contributed by atoms with E-state index in [1.54, 1.807) is 0 Å². The largest absolute Gasteiger partial charge is 0.0683 e. The van der Waals surface area contributed by atoms with Crippen LogP contribution in [0.5, 0.6) is 0 Å². The Labute approximate surface area is 150 Å². The van der Waals surface area contributed by atoms with Gasteiger partial charge in [-0.2, -0.15) is 0 Å². The zero-order valence-corrected chi connectivity index (χ0v) is 18.3. The molecule has 3 atom stereocenters. The van der Waals surface area contributed by atoms with Gasteiger partial charge in [-0.15, -0.1) is 0 Å². The van der Waals surface area contributed by atoms with Gasteiger partial charge in [0.05, 0.1) is 0 Å². The molecule has 0 spiro atoms. The molecular formula is C23H50. The highest BCUT2D eigenvalue weighted by Crippen LogP contribution is 2.28. The molecule has 0 aromatic rings. The van der Waals surface area contributed by atoms with Crippen LogP contribution < -0.4 is 0 Å². The van der Waals surface area contributed by atoms with Crippen LogP contribution in [0.15, 0.2) is 0 Å². The Kier molecular flexibility index (Phi) is 18.5. The zero-order valence-electron chi connectivity index (χ0n) is 18.3. The second-order valence-corrected chi connectivity index (χ2v) is 8.31. The average Bonchev–Trinajstić information content (AvgIpc) is 2.51. The zero-order chi connectivity index (χ0) is 18.3. The molecule has 0 aliphatic heterocycles. The van der Waals surface area contributed by atoms with Gasteiger partial charge in [-0.3, -0.25) is 0 Å². The van der Waals surface area contributed by atoms with E-state index in [0.717, 1.165) is 29.6 Å². The Morgan fingerprint density at radius 3 is 1.74 bits per heavy atom. The van der Waals surface area contributed by atoms with Gasteiger partial charge < -0.3 is 0 Å². The number of unbranched alkanes of at least 4 members (excludes halogenated alkanes) is 3. The van der Waals surface area contributed by atoms with Crippen molar-refractivity contribution in [3.05, 3.63) is 0 Å². The highest BCUT2D eigenvalue weighted by atomic mass is 14.2. The summed E-state index contributed by atoms with van der Waals surface area (Å²) in [5.74, 6) is 4.59. The first-order valence-corrected chi connectivity index (χ1v) is 10.9. The van der Waals surface area contributed by atoms with Crippen LogP contribution in [0.3, 0.4) is 0 Å². The molecule has 23 heavy (non-hydrogen) atoms. The molecule has 1 fully saturated rings. The van der Waals surface area contributed by atoms with E-state index in [4.69, 9.17) is 0 Å². The van der Waals surface area contributed by atoms with Crippen molar-refractivity contribution in [1.29, 1.82) is 0 Å². The van der Waals surface area contributed by atoms with Crippen molar-refractivity contribution < 1.29 is 0 Å². The van der Waals surface area contributed by atoms with E-state index in [1.165, 1.54) is 57.8 Å². The molecule has 0 heterocycles. The SMILES string of the molecule is CC.CC1CCC1.CCCCCCC(C)CC(C)C(C)C(C)C. The molecule has 0 bridgehead atoms. The van der Waals surface area contributed by atoms with Crippen LogP contribution in [0.25, 0.3) is 0 Å². The summed E-state index contributed by atoms with van der Waals surface area (Å²) in [7, 11) is 0. The van der Waals surface area contributed by atoms with Crippen molar-refractivity contribution in [2.24, 2.45) is 29.6 Å². The minimum atomic E-state index is 0.835. The first kappa shape index (κ1) is 25.2. The van der Waals surface area contributed by atoms with Crippen LogP contribution >= 0.6 is 0 Å². The smallest absolute Gasteiger partial charge is 0.0394 e. The summed E-state index contributed by atoms with van der Waals surface area (Å²) in [4.78, 5) is 0. The van der Waals surface area contributed by atoms with E-state index in [0.29, 0.717) is 0 Å². The predicted octanol–water partition coefficient (Wildman–Crippen LogP) is 8.74. The molecular weight excluding hydrogens is 276 g/mol. The molecule has 0 aromatic carbocycles.